The van der Waals surface area contributed by atoms with E-state index in [-0.39, 0.29) is 6.29 Å². The van der Waals surface area contributed by atoms with Gasteiger partial charge in [-0.3, -0.25) is 4.79 Å². The Labute approximate surface area is 92.4 Å². The number of hydrogen-bond acceptors (Lipinski definition) is 3. The standard InChI is InChI=1S/C8H18O2.C3H5NO/c1-4-7-8(9-5-2)10-6-3;1-2-3(4)5/h8H,4-7H2,1-3H3;2H,1H2,(H2,4,5). The third-order valence-corrected chi connectivity index (χ3v) is 1.43. The van der Waals surface area contributed by atoms with Crippen molar-refractivity contribution in [3.63, 3.8) is 0 Å². The van der Waals surface area contributed by atoms with E-state index in [1.807, 2.05) is 13.8 Å². The van der Waals surface area contributed by atoms with Crippen molar-refractivity contribution in [2.24, 2.45) is 5.73 Å². The van der Waals surface area contributed by atoms with E-state index >= 15 is 0 Å². The molecule has 1 amide bonds. The first kappa shape index (κ1) is 16.6. The summed E-state index contributed by atoms with van der Waals surface area (Å²) in [5.74, 6) is -0.481. The lowest BCUT2D eigenvalue weighted by Gasteiger charge is -2.15. The molecule has 0 spiro atoms. The number of carbonyl (C=O) groups excluding carboxylic acids is 1. The van der Waals surface area contributed by atoms with Crippen LogP contribution in [0.1, 0.15) is 33.6 Å². The van der Waals surface area contributed by atoms with Crippen molar-refractivity contribution in [3.05, 3.63) is 12.7 Å². The summed E-state index contributed by atoms with van der Waals surface area (Å²) in [6.45, 7) is 10.7. The lowest BCUT2D eigenvalue weighted by molar-refractivity contribution is -0.139. The molecule has 0 aliphatic heterocycles. The van der Waals surface area contributed by atoms with E-state index in [4.69, 9.17) is 9.47 Å². The Morgan fingerprint density at radius 3 is 1.93 bits per heavy atom. The maximum Gasteiger partial charge on any atom is 0.240 e. The fourth-order valence-electron chi connectivity index (χ4n) is 0.822. The van der Waals surface area contributed by atoms with E-state index in [9.17, 15) is 4.79 Å². The van der Waals surface area contributed by atoms with Gasteiger partial charge in [0.2, 0.25) is 5.91 Å². The first-order valence-electron chi connectivity index (χ1n) is 5.27. The Morgan fingerprint density at radius 1 is 1.33 bits per heavy atom. The van der Waals surface area contributed by atoms with Crippen LogP contribution in [0.15, 0.2) is 12.7 Å². The molecule has 0 bridgehead atoms. The molecule has 0 fully saturated rings. The molecule has 0 heterocycles. The molecule has 0 aromatic heterocycles. The fourth-order valence-corrected chi connectivity index (χ4v) is 0.822. The number of carbonyl (C=O) groups is 1. The molecule has 0 saturated heterocycles. The topological polar surface area (TPSA) is 61.6 Å². The highest BCUT2D eigenvalue weighted by Crippen LogP contribution is 2.02. The molecular formula is C11H23NO3. The number of nitrogens with two attached hydrogens (primary N) is 1. The smallest absolute Gasteiger partial charge is 0.240 e. The average molecular weight is 217 g/mol. The van der Waals surface area contributed by atoms with Crippen molar-refractivity contribution in [1.82, 2.24) is 0 Å². The van der Waals surface area contributed by atoms with Gasteiger partial charge in [-0.05, 0) is 26.3 Å². The largest absolute Gasteiger partial charge is 0.366 e. The van der Waals surface area contributed by atoms with Crippen molar-refractivity contribution in [1.29, 1.82) is 0 Å². The summed E-state index contributed by atoms with van der Waals surface area (Å²) >= 11 is 0. The SMILES string of the molecule is C=CC(N)=O.CCCC(OCC)OCC. The normalized spacial score (nSPS) is 9.33. The molecule has 2 N–H and O–H groups in total. The van der Waals surface area contributed by atoms with E-state index in [1.165, 1.54) is 0 Å². The molecule has 0 atom stereocenters. The van der Waals surface area contributed by atoms with Gasteiger partial charge in [0.05, 0.1) is 0 Å². The number of ether oxygens (including phenoxy) is 2. The zero-order valence-corrected chi connectivity index (χ0v) is 9.99. The van der Waals surface area contributed by atoms with Gasteiger partial charge >= 0.3 is 0 Å². The van der Waals surface area contributed by atoms with Crippen molar-refractivity contribution in [2.75, 3.05) is 13.2 Å². The highest BCUT2D eigenvalue weighted by molar-refractivity contribution is 5.84. The van der Waals surface area contributed by atoms with Gasteiger partial charge in [-0.25, -0.2) is 0 Å². The van der Waals surface area contributed by atoms with Gasteiger partial charge in [-0.2, -0.15) is 0 Å². The molecule has 15 heavy (non-hydrogen) atoms. The highest BCUT2D eigenvalue weighted by Gasteiger charge is 2.04. The van der Waals surface area contributed by atoms with Crippen molar-refractivity contribution >= 4 is 5.91 Å². The molecule has 0 aromatic rings. The van der Waals surface area contributed by atoms with Crippen LogP contribution >= 0.6 is 0 Å². The zero-order chi connectivity index (χ0) is 12.1. The van der Waals surface area contributed by atoms with Gasteiger partial charge in [0.15, 0.2) is 6.29 Å². The first-order chi connectivity index (χ1) is 7.12. The molecule has 90 valence electrons. The predicted octanol–water partition coefficient (Wildman–Crippen LogP) is 1.84. The number of hydrogen-bond donors (Lipinski definition) is 1. The van der Waals surface area contributed by atoms with Crippen molar-refractivity contribution < 1.29 is 14.3 Å². The van der Waals surface area contributed by atoms with Crippen molar-refractivity contribution in [2.45, 2.75) is 39.9 Å². The molecule has 0 radical (unpaired) electrons. The van der Waals surface area contributed by atoms with Gasteiger partial charge in [-0.1, -0.05) is 19.9 Å². The maximum absolute atomic E-state index is 9.47. The summed E-state index contributed by atoms with van der Waals surface area (Å²) in [4.78, 5) is 9.47. The second-order valence-electron chi connectivity index (χ2n) is 2.74. The van der Waals surface area contributed by atoms with Gasteiger partial charge in [0.25, 0.3) is 0 Å². The van der Waals surface area contributed by atoms with E-state index in [2.05, 4.69) is 19.2 Å². The summed E-state index contributed by atoms with van der Waals surface area (Å²) < 4.78 is 10.6. The van der Waals surface area contributed by atoms with Gasteiger partial charge in [0, 0.05) is 13.2 Å². The number of rotatable bonds is 7. The van der Waals surface area contributed by atoms with Crippen LogP contribution in [-0.2, 0) is 14.3 Å². The van der Waals surface area contributed by atoms with Crippen LogP contribution in [0, 0.1) is 0 Å². The molecule has 0 saturated carbocycles. The van der Waals surface area contributed by atoms with Crippen LogP contribution < -0.4 is 5.73 Å². The van der Waals surface area contributed by atoms with Crippen LogP contribution in [0.3, 0.4) is 0 Å². The van der Waals surface area contributed by atoms with Crippen LogP contribution in [0.25, 0.3) is 0 Å². The summed E-state index contributed by atoms with van der Waals surface area (Å²) in [6.07, 6.45) is 3.20. The van der Waals surface area contributed by atoms with Crippen LogP contribution in [0.4, 0.5) is 0 Å². The Balaban J connectivity index is 0. The Kier molecular flexibility index (Phi) is 14.5. The summed E-state index contributed by atoms with van der Waals surface area (Å²) in [6, 6.07) is 0. The first-order valence-corrected chi connectivity index (χ1v) is 5.27. The van der Waals surface area contributed by atoms with Gasteiger partial charge < -0.3 is 15.2 Å². The monoisotopic (exact) mass is 217 g/mol. The van der Waals surface area contributed by atoms with E-state index in [0.717, 1.165) is 32.1 Å². The third-order valence-electron chi connectivity index (χ3n) is 1.43. The van der Waals surface area contributed by atoms with Crippen LogP contribution in [0.2, 0.25) is 0 Å². The summed E-state index contributed by atoms with van der Waals surface area (Å²) in [5.41, 5.74) is 4.53. The molecule has 0 aliphatic carbocycles. The third kappa shape index (κ3) is 15.9. The van der Waals surface area contributed by atoms with Gasteiger partial charge in [0.1, 0.15) is 0 Å². The quantitative estimate of drug-likeness (QED) is 0.523. The lowest BCUT2D eigenvalue weighted by atomic mass is 10.3. The zero-order valence-electron chi connectivity index (χ0n) is 9.99. The highest BCUT2D eigenvalue weighted by atomic mass is 16.7. The second-order valence-corrected chi connectivity index (χ2v) is 2.74. The molecule has 4 nitrogen and oxygen atoms in total. The van der Waals surface area contributed by atoms with E-state index < -0.39 is 5.91 Å². The second kappa shape index (κ2) is 13.1. The molecule has 0 rings (SSSR count). The van der Waals surface area contributed by atoms with Crippen molar-refractivity contribution in [3.8, 4) is 0 Å². The van der Waals surface area contributed by atoms with E-state index in [0.29, 0.717) is 0 Å². The number of amides is 1. The Morgan fingerprint density at radius 2 is 1.73 bits per heavy atom. The number of primary amides is 1. The Bertz CT molecular complexity index is 146. The van der Waals surface area contributed by atoms with Crippen LogP contribution in [-0.4, -0.2) is 25.4 Å². The average Bonchev–Trinajstić information content (AvgIpc) is 2.20. The van der Waals surface area contributed by atoms with E-state index in [1.54, 1.807) is 0 Å². The molecule has 0 aromatic carbocycles. The summed E-state index contributed by atoms with van der Waals surface area (Å²) in [7, 11) is 0. The lowest BCUT2D eigenvalue weighted by Crippen LogP contribution is -2.16. The van der Waals surface area contributed by atoms with Gasteiger partial charge in [-0.15, -0.1) is 0 Å². The minimum absolute atomic E-state index is 0.0278. The Hall–Kier alpha value is -0.870. The van der Waals surface area contributed by atoms with Crippen LogP contribution in [0.5, 0.6) is 0 Å². The minimum Gasteiger partial charge on any atom is -0.366 e. The fraction of sp³-hybridized carbons (Fsp3) is 0.727. The maximum atomic E-state index is 9.47. The molecule has 0 aliphatic rings. The molecular weight excluding hydrogens is 194 g/mol. The predicted molar refractivity (Wildman–Crippen MR) is 61.3 cm³/mol. The minimum atomic E-state index is -0.481. The molecule has 4 heteroatoms. The molecule has 0 unspecified atom stereocenters. The summed E-state index contributed by atoms with van der Waals surface area (Å²) in [5, 5.41) is 0.